The number of tetrazole rings is 1. The molecule has 0 bridgehead atoms. The van der Waals surface area contributed by atoms with Crippen molar-refractivity contribution in [3.63, 3.8) is 0 Å². The molecule has 1 saturated carbocycles. The maximum absolute atomic E-state index is 13.5. The van der Waals surface area contributed by atoms with Gasteiger partial charge in [0.2, 0.25) is 0 Å². The minimum absolute atomic E-state index is 0.0789. The molecule has 1 N–H and O–H groups in total. The maximum Gasteiger partial charge on any atom is 0.254 e. The molecule has 7 nitrogen and oxygen atoms in total. The normalized spacial score (nSPS) is 17.1. The van der Waals surface area contributed by atoms with Crippen LogP contribution in [0.25, 0.3) is 10.9 Å². The molecule has 1 aliphatic carbocycles. The number of aryl methyl sites for hydroxylation is 2. The van der Waals surface area contributed by atoms with Gasteiger partial charge in [0.05, 0.1) is 11.6 Å². The van der Waals surface area contributed by atoms with E-state index in [2.05, 4.69) is 68.7 Å². The molecule has 0 radical (unpaired) electrons. The Morgan fingerprint density at radius 2 is 1.91 bits per heavy atom. The van der Waals surface area contributed by atoms with Crippen LogP contribution in [-0.4, -0.2) is 31.7 Å². The van der Waals surface area contributed by atoms with E-state index >= 15 is 0 Å². The lowest BCUT2D eigenvalue weighted by Gasteiger charge is -2.30. The Kier molecular flexibility index (Phi) is 4.78. The summed E-state index contributed by atoms with van der Waals surface area (Å²) >= 11 is 0. The molecule has 1 atom stereocenters. The zero-order chi connectivity index (χ0) is 22.5. The fourth-order valence-corrected chi connectivity index (χ4v) is 5.77. The summed E-state index contributed by atoms with van der Waals surface area (Å²) in [5.74, 6) is 0.757. The van der Waals surface area contributed by atoms with Gasteiger partial charge in [0.15, 0.2) is 5.82 Å². The summed E-state index contributed by atoms with van der Waals surface area (Å²) < 4.78 is 1.99. The van der Waals surface area contributed by atoms with Gasteiger partial charge in [0, 0.05) is 17.8 Å². The Labute approximate surface area is 192 Å². The number of aromatic nitrogens is 5. The van der Waals surface area contributed by atoms with Crippen molar-refractivity contribution in [2.45, 2.75) is 58.0 Å². The Morgan fingerprint density at radius 3 is 2.76 bits per heavy atom. The first kappa shape index (κ1) is 20.1. The van der Waals surface area contributed by atoms with E-state index in [0.29, 0.717) is 11.6 Å². The van der Waals surface area contributed by atoms with Crippen molar-refractivity contribution in [3.05, 3.63) is 80.9 Å². The van der Waals surface area contributed by atoms with Gasteiger partial charge in [-0.3, -0.25) is 4.79 Å². The standard InChI is InChI=1S/C26H28N6O/c1-16-13-17(2)23-19(14-16)15-21(26(33)27-23)24(31-12-11-18-7-3-6-10-22(18)31)25-28-29-30-32(25)20-8-4-5-9-20/h3,6-7,10,13-15,20,24H,4-5,8-9,11-12H2,1-2H3,(H,27,33)/t24-/m0/s1. The zero-order valence-electron chi connectivity index (χ0n) is 19.1. The van der Waals surface area contributed by atoms with E-state index in [1.807, 2.05) is 17.7 Å². The van der Waals surface area contributed by atoms with Crippen LogP contribution in [0.5, 0.6) is 0 Å². The van der Waals surface area contributed by atoms with Crippen LogP contribution in [0, 0.1) is 13.8 Å². The maximum atomic E-state index is 13.5. The monoisotopic (exact) mass is 440 g/mol. The van der Waals surface area contributed by atoms with Gasteiger partial charge >= 0.3 is 0 Å². The minimum atomic E-state index is -0.349. The van der Waals surface area contributed by atoms with Crippen LogP contribution < -0.4 is 10.5 Å². The summed E-state index contributed by atoms with van der Waals surface area (Å²) in [6.07, 6.45) is 5.48. The first-order chi connectivity index (χ1) is 16.1. The number of rotatable bonds is 4. The van der Waals surface area contributed by atoms with Gasteiger partial charge in [0.25, 0.3) is 5.56 Å². The number of fused-ring (bicyclic) bond motifs is 2. The number of hydrogen-bond donors (Lipinski definition) is 1. The molecule has 7 heteroatoms. The molecular formula is C26H28N6O. The summed E-state index contributed by atoms with van der Waals surface area (Å²) in [7, 11) is 0. The highest BCUT2D eigenvalue weighted by Crippen LogP contribution is 2.39. The Hall–Kier alpha value is -3.48. The molecule has 0 spiro atoms. The van der Waals surface area contributed by atoms with Crippen LogP contribution in [0.3, 0.4) is 0 Å². The number of hydrogen-bond acceptors (Lipinski definition) is 5. The highest BCUT2D eigenvalue weighted by atomic mass is 16.1. The number of nitrogens with one attached hydrogen (secondary N) is 1. The average Bonchev–Trinajstić information content (AvgIpc) is 3.56. The van der Waals surface area contributed by atoms with Gasteiger partial charge in [-0.15, -0.1) is 5.10 Å². The Balaban J connectivity index is 1.57. The lowest BCUT2D eigenvalue weighted by Crippen LogP contribution is -2.34. The molecule has 0 amide bonds. The van der Waals surface area contributed by atoms with Gasteiger partial charge in [-0.2, -0.15) is 0 Å². The molecule has 1 aliphatic heterocycles. The van der Waals surface area contributed by atoms with Crippen molar-refractivity contribution in [3.8, 4) is 0 Å². The SMILES string of the molecule is Cc1cc(C)c2[nH]c(=O)c([C@@H](c3nnnn3C3CCCC3)N3CCc4ccccc43)cc2c1. The smallest absolute Gasteiger partial charge is 0.254 e. The van der Waals surface area contributed by atoms with Crippen LogP contribution in [0.1, 0.15) is 65.8 Å². The molecule has 0 unspecified atom stereocenters. The van der Waals surface area contributed by atoms with Crippen molar-refractivity contribution >= 4 is 16.6 Å². The molecule has 6 rings (SSSR count). The quantitative estimate of drug-likeness (QED) is 0.509. The fraction of sp³-hybridized carbons (Fsp3) is 0.385. The van der Waals surface area contributed by atoms with Crippen molar-refractivity contribution in [2.24, 2.45) is 0 Å². The number of benzene rings is 2. The average molecular weight is 441 g/mol. The molecule has 2 aromatic carbocycles. The second-order valence-corrected chi connectivity index (χ2v) is 9.49. The van der Waals surface area contributed by atoms with Gasteiger partial charge in [-0.05, 0) is 78.2 Å². The van der Waals surface area contributed by atoms with Gasteiger partial charge in [0.1, 0.15) is 6.04 Å². The van der Waals surface area contributed by atoms with Crippen molar-refractivity contribution in [2.75, 3.05) is 11.4 Å². The molecule has 3 heterocycles. The van der Waals surface area contributed by atoms with E-state index in [9.17, 15) is 4.79 Å². The second-order valence-electron chi connectivity index (χ2n) is 9.49. The van der Waals surface area contributed by atoms with Crippen LogP contribution in [0.4, 0.5) is 5.69 Å². The van der Waals surface area contributed by atoms with Crippen molar-refractivity contribution in [1.29, 1.82) is 0 Å². The van der Waals surface area contributed by atoms with E-state index in [1.54, 1.807) is 0 Å². The first-order valence-corrected chi connectivity index (χ1v) is 11.9. The third kappa shape index (κ3) is 3.34. The predicted octanol–water partition coefficient (Wildman–Crippen LogP) is 4.40. The molecule has 168 valence electrons. The third-order valence-electron chi connectivity index (χ3n) is 7.28. The lowest BCUT2D eigenvalue weighted by atomic mass is 10.00. The van der Waals surface area contributed by atoms with E-state index in [1.165, 1.54) is 24.0 Å². The highest BCUT2D eigenvalue weighted by Gasteiger charge is 2.36. The number of pyridine rings is 1. The Bertz CT molecular complexity index is 1400. The first-order valence-electron chi connectivity index (χ1n) is 11.9. The summed E-state index contributed by atoms with van der Waals surface area (Å²) in [4.78, 5) is 19.0. The number of para-hydroxylation sites is 1. The highest BCUT2D eigenvalue weighted by molar-refractivity contribution is 5.83. The van der Waals surface area contributed by atoms with E-state index in [-0.39, 0.29) is 11.6 Å². The van der Waals surface area contributed by atoms with Crippen molar-refractivity contribution < 1.29 is 0 Å². The fourth-order valence-electron chi connectivity index (χ4n) is 5.77. The summed E-state index contributed by atoms with van der Waals surface area (Å²) in [5, 5.41) is 14.1. The minimum Gasteiger partial charge on any atom is -0.357 e. The van der Waals surface area contributed by atoms with Gasteiger partial charge in [-0.25, -0.2) is 4.68 Å². The number of aromatic amines is 1. The summed E-state index contributed by atoms with van der Waals surface area (Å²) in [5.41, 5.74) is 6.22. The molecule has 1 fully saturated rings. The topological polar surface area (TPSA) is 79.7 Å². The third-order valence-corrected chi connectivity index (χ3v) is 7.28. The van der Waals surface area contributed by atoms with E-state index in [0.717, 1.165) is 53.8 Å². The summed E-state index contributed by atoms with van der Waals surface area (Å²) in [6.45, 7) is 4.96. The van der Waals surface area contributed by atoms with Crippen LogP contribution in [-0.2, 0) is 6.42 Å². The van der Waals surface area contributed by atoms with E-state index < -0.39 is 0 Å². The lowest BCUT2D eigenvalue weighted by molar-refractivity contribution is 0.428. The van der Waals surface area contributed by atoms with Gasteiger partial charge in [-0.1, -0.05) is 42.7 Å². The Morgan fingerprint density at radius 1 is 1.09 bits per heavy atom. The summed E-state index contributed by atoms with van der Waals surface area (Å²) in [6, 6.07) is 14.7. The van der Waals surface area contributed by atoms with Crippen LogP contribution in [0.2, 0.25) is 0 Å². The molecule has 2 aliphatic rings. The van der Waals surface area contributed by atoms with E-state index in [4.69, 9.17) is 0 Å². The molecule has 4 aromatic rings. The van der Waals surface area contributed by atoms with Crippen molar-refractivity contribution in [1.82, 2.24) is 25.2 Å². The van der Waals surface area contributed by atoms with Gasteiger partial charge < -0.3 is 9.88 Å². The van der Waals surface area contributed by atoms with Crippen LogP contribution in [0.15, 0.2) is 47.3 Å². The molecule has 33 heavy (non-hydrogen) atoms. The molecular weight excluding hydrogens is 412 g/mol. The van der Waals surface area contributed by atoms with Crippen LogP contribution >= 0.6 is 0 Å². The molecule has 0 saturated heterocycles. The number of nitrogens with zero attached hydrogens (tertiary/aromatic N) is 5. The number of anilines is 1. The predicted molar refractivity (Wildman–Crippen MR) is 129 cm³/mol. The largest absolute Gasteiger partial charge is 0.357 e. The molecule has 2 aromatic heterocycles. The zero-order valence-corrected chi connectivity index (χ0v) is 19.1. The second kappa shape index (κ2) is 7.83. The number of H-pyrrole nitrogens is 1.